The number of rotatable bonds is 5. The number of hydrogen-bond donors (Lipinski definition) is 2. The Kier molecular flexibility index (Phi) is 6.17. The van der Waals surface area contributed by atoms with Gasteiger partial charge in [0.2, 0.25) is 5.91 Å². The van der Waals surface area contributed by atoms with Gasteiger partial charge in [-0.1, -0.05) is 19.3 Å². The fourth-order valence-corrected chi connectivity index (χ4v) is 3.83. The Morgan fingerprint density at radius 3 is 2.50 bits per heavy atom. The normalized spacial score (nSPS) is 15.1. The Hall–Kier alpha value is -2.47. The zero-order chi connectivity index (χ0) is 18.4. The molecule has 1 aromatic heterocycles. The summed E-state index contributed by atoms with van der Waals surface area (Å²) in [6.45, 7) is 2.00. The Bertz CT molecular complexity index is 790. The number of hydrogen-bond acceptors (Lipinski definition) is 4. The van der Waals surface area contributed by atoms with Crippen molar-refractivity contribution < 1.29 is 9.59 Å². The smallest absolute Gasteiger partial charge is 0.271 e. The second-order valence-corrected chi connectivity index (χ2v) is 7.52. The number of thiophene rings is 1. The Morgan fingerprint density at radius 1 is 1.12 bits per heavy atom. The van der Waals surface area contributed by atoms with Gasteiger partial charge in [-0.3, -0.25) is 9.59 Å². The van der Waals surface area contributed by atoms with Crippen LogP contribution < -0.4 is 10.7 Å². The summed E-state index contributed by atoms with van der Waals surface area (Å²) in [5.41, 5.74) is 4.87. The van der Waals surface area contributed by atoms with E-state index in [4.69, 9.17) is 0 Å². The maximum absolute atomic E-state index is 12.3. The van der Waals surface area contributed by atoms with Crippen LogP contribution in [0.3, 0.4) is 0 Å². The van der Waals surface area contributed by atoms with E-state index >= 15 is 0 Å². The number of nitrogens with zero attached hydrogens (tertiary/aromatic N) is 1. The van der Waals surface area contributed by atoms with Crippen molar-refractivity contribution in [1.82, 2.24) is 5.43 Å². The molecule has 1 aliphatic rings. The minimum Gasteiger partial charge on any atom is -0.326 e. The highest BCUT2D eigenvalue weighted by atomic mass is 32.1. The summed E-state index contributed by atoms with van der Waals surface area (Å²) in [6.07, 6.45) is 7.06. The molecule has 136 valence electrons. The molecule has 1 aliphatic carbocycles. The average Bonchev–Trinajstić information content (AvgIpc) is 3.08. The van der Waals surface area contributed by atoms with Crippen LogP contribution in [0.1, 0.15) is 52.9 Å². The molecular formula is C20H23N3O2S. The lowest BCUT2D eigenvalue weighted by molar-refractivity contribution is -0.120. The van der Waals surface area contributed by atoms with Crippen LogP contribution in [0.25, 0.3) is 0 Å². The van der Waals surface area contributed by atoms with Gasteiger partial charge in [-0.05, 0) is 61.0 Å². The molecule has 1 heterocycles. The number of aryl methyl sites for hydroxylation is 1. The Labute approximate surface area is 157 Å². The summed E-state index contributed by atoms with van der Waals surface area (Å²) < 4.78 is 0. The summed E-state index contributed by atoms with van der Waals surface area (Å²) in [5.74, 6) is -0.0831. The first kappa shape index (κ1) is 18.3. The zero-order valence-electron chi connectivity index (χ0n) is 14.8. The molecule has 1 fully saturated rings. The molecule has 5 nitrogen and oxygen atoms in total. The highest BCUT2D eigenvalue weighted by molar-refractivity contribution is 7.11. The van der Waals surface area contributed by atoms with Crippen molar-refractivity contribution in [3.05, 3.63) is 51.7 Å². The quantitative estimate of drug-likeness (QED) is 0.608. The molecule has 3 rings (SSSR count). The van der Waals surface area contributed by atoms with E-state index in [2.05, 4.69) is 15.8 Å². The third-order valence-corrected chi connectivity index (χ3v) is 5.59. The van der Waals surface area contributed by atoms with Crippen LogP contribution in [-0.2, 0) is 4.79 Å². The van der Waals surface area contributed by atoms with Crippen LogP contribution in [-0.4, -0.2) is 18.0 Å². The lowest BCUT2D eigenvalue weighted by Crippen LogP contribution is -2.24. The third-order valence-electron chi connectivity index (χ3n) is 4.64. The molecule has 0 saturated heterocycles. The first-order valence-electron chi connectivity index (χ1n) is 8.92. The van der Waals surface area contributed by atoms with Gasteiger partial charge in [0.1, 0.15) is 0 Å². The zero-order valence-corrected chi connectivity index (χ0v) is 15.6. The topological polar surface area (TPSA) is 70.6 Å². The first-order valence-corrected chi connectivity index (χ1v) is 9.80. The fourth-order valence-electron chi connectivity index (χ4n) is 3.04. The molecule has 0 unspecified atom stereocenters. The second-order valence-electron chi connectivity index (χ2n) is 6.57. The van der Waals surface area contributed by atoms with Crippen LogP contribution in [0.4, 0.5) is 5.69 Å². The van der Waals surface area contributed by atoms with Crippen molar-refractivity contribution >= 4 is 35.1 Å². The molecule has 0 spiro atoms. The average molecular weight is 369 g/mol. The van der Waals surface area contributed by atoms with Gasteiger partial charge in [-0.25, -0.2) is 5.43 Å². The maximum atomic E-state index is 12.3. The summed E-state index contributed by atoms with van der Waals surface area (Å²) in [7, 11) is 0. The molecule has 26 heavy (non-hydrogen) atoms. The van der Waals surface area contributed by atoms with Gasteiger partial charge in [-0.2, -0.15) is 5.10 Å². The molecule has 1 aromatic carbocycles. The van der Waals surface area contributed by atoms with Crippen LogP contribution in [0.5, 0.6) is 0 Å². The molecule has 2 aromatic rings. The molecule has 6 heteroatoms. The number of nitrogens with one attached hydrogen (secondary N) is 2. The van der Waals surface area contributed by atoms with Gasteiger partial charge in [0.05, 0.1) is 6.21 Å². The standard InChI is InChI=1S/C20H23N3O2S/c1-14-11-12-26-18(14)13-21-23-20(25)16-7-9-17(10-8-16)22-19(24)15-5-3-2-4-6-15/h7-13,15H,2-6H2,1H3,(H,22,24)(H,23,25). The predicted molar refractivity (Wildman–Crippen MR) is 106 cm³/mol. The predicted octanol–water partition coefficient (Wildman–Crippen LogP) is 4.34. The van der Waals surface area contributed by atoms with Crippen molar-refractivity contribution in [3.63, 3.8) is 0 Å². The largest absolute Gasteiger partial charge is 0.326 e. The highest BCUT2D eigenvalue weighted by Gasteiger charge is 2.21. The summed E-state index contributed by atoms with van der Waals surface area (Å²) in [6, 6.07) is 8.90. The van der Waals surface area contributed by atoms with E-state index in [1.807, 2.05) is 18.4 Å². The minimum absolute atomic E-state index is 0.0813. The van der Waals surface area contributed by atoms with E-state index in [1.54, 1.807) is 41.8 Å². The minimum atomic E-state index is -0.277. The van der Waals surface area contributed by atoms with Crippen molar-refractivity contribution in [1.29, 1.82) is 0 Å². The van der Waals surface area contributed by atoms with E-state index in [0.29, 0.717) is 5.56 Å². The molecule has 2 N–H and O–H groups in total. The van der Waals surface area contributed by atoms with Crippen LogP contribution >= 0.6 is 11.3 Å². The second kappa shape index (κ2) is 8.76. The number of amides is 2. The van der Waals surface area contributed by atoms with E-state index in [1.165, 1.54) is 6.42 Å². The van der Waals surface area contributed by atoms with Crippen molar-refractivity contribution in [2.45, 2.75) is 39.0 Å². The maximum Gasteiger partial charge on any atom is 0.271 e. The van der Waals surface area contributed by atoms with Crippen LogP contribution in [0, 0.1) is 12.8 Å². The van der Waals surface area contributed by atoms with Crippen LogP contribution in [0.2, 0.25) is 0 Å². The number of benzene rings is 1. The van der Waals surface area contributed by atoms with Crippen LogP contribution in [0.15, 0.2) is 40.8 Å². The molecule has 0 atom stereocenters. The summed E-state index contributed by atoms with van der Waals surface area (Å²) >= 11 is 1.58. The van der Waals surface area contributed by atoms with Gasteiger partial charge < -0.3 is 5.32 Å². The lowest BCUT2D eigenvalue weighted by atomic mass is 9.88. The fraction of sp³-hybridized carbons (Fsp3) is 0.350. The van der Waals surface area contributed by atoms with Crippen molar-refractivity contribution in [3.8, 4) is 0 Å². The van der Waals surface area contributed by atoms with Gasteiger partial charge >= 0.3 is 0 Å². The van der Waals surface area contributed by atoms with Gasteiger partial charge in [-0.15, -0.1) is 11.3 Å². The van der Waals surface area contributed by atoms with Crippen molar-refractivity contribution in [2.75, 3.05) is 5.32 Å². The highest BCUT2D eigenvalue weighted by Crippen LogP contribution is 2.25. The number of carbonyl (C=O) groups is 2. The van der Waals surface area contributed by atoms with E-state index < -0.39 is 0 Å². The van der Waals surface area contributed by atoms with E-state index in [0.717, 1.165) is 41.8 Å². The summed E-state index contributed by atoms with van der Waals surface area (Å²) in [4.78, 5) is 25.4. The van der Waals surface area contributed by atoms with Crippen molar-refractivity contribution in [2.24, 2.45) is 11.0 Å². The first-order chi connectivity index (χ1) is 12.6. The molecule has 0 radical (unpaired) electrons. The number of anilines is 1. The molecule has 0 aliphatic heterocycles. The third kappa shape index (κ3) is 4.79. The van der Waals surface area contributed by atoms with E-state index in [9.17, 15) is 9.59 Å². The van der Waals surface area contributed by atoms with Gasteiger partial charge in [0.15, 0.2) is 0 Å². The molecular weight excluding hydrogens is 346 g/mol. The number of carbonyl (C=O) groups excluding carboxylic acids is 2. The molecule has 1 saturated carbocycles. The summed E-state index contributed by atoms with van der Waals surface area (Å²) in [5, 5.41) is 8.93. The Balaban J connectivity index is 1.53. The number of hydrazone groups is 1. The van der Waals surface area contributed by atoms with E-state index in [-0.39, 0.29) is 17.7 Å². The van der Waals surface area contributed by atoms with Gasteiger partial charge in [0, 0.05) is 22.0 Å². The monoisotopic (exact) mass is 369 g/mol. The molecule has 0 bridgehead atoms. The lowest BCUT2D eigenvalue weighted by Gasteiger charge is -2.20. The SMILES string of the molecule is Cc1ccsc1C=NNC(=O)c1ccc(NC(=O)C2CCCCC2)cc1. The molecule has 2 amide bonds. The van der Waals surface area contributed by atoms with Gasteiger partial charge in [0.25, 0.3) is 5.91 Å². The Morgan fingerprint density at radius 2 is 1.85 bits per heavy atom.